The molecule has 1 heterocycles. The van der Waals surface area contributed by atoms with Crippen LogP contribution in [0.1, 0.15) is 51.6 Å². The van der Waals surface area contributed by atoms with Crippen molar-refractivity contribution in [3.63, 3.8) is 0 Å². The molecule has 104 valence electrons. The largest absolute Gasteiger partial charge is 0.493 e. The van der Waals surface area contributed by atoms with Gasteiger partial charge in [-0.3, -0.25) is 0 Å². The zero-order chi connectivity index (χ0) is 13.5. The number of ether oxygens (including phenoxy) is 1. The molecule has 0 aromatic heterocycles. The van der Waals surface area contributed by atoms with Crippen LogP contribution in [0.3, 0.4) is 0 Å². The second-order valence-electron chi connectivity index (χ2n) is 7.05. The first kappa shape index (κ1) is 13.0. The fourth-order valence-electron chi connectivity index (χ4n) is 3.89. The number of rotatable bonds is 2. The summed E-state index contributed by atoms with van der Waals surface area (Å²) in [5, 5.41) is 3.90. The summed E-state index contributed by atoms with van der Waals surface area (Å²) in [7, 11) is 0. The molecule has 1 aromatic carbocycles. The number of para-hydroxylation sites is 1. The Morgan fingerprint density at radius 2 is 2.00 bits per heavy atom. The van der Waals surface area contributed by atoms with E-state index in [9.17, 15) is 0 Å². The molecule has 1 aliphatic heterocycles. The third kappa shape index (κ3) is 2.64. The summed E-state index contributed by atoms with van der Waals surface area (Å²) in [6.45, 7) is 8.00. The first-order chi connectivity index (χ1) is 9.05. The maximum Gasteiger partial charge on any atom is 0.124 e. The molecule has 0 spiro atoms. The molecule has 0 radical (unpaired) electrons. The Labute approximate surface area is 116 Å². The number of fused-ring (bicyclic) bond motifs is 1. The quantitative estimate of drug-likeness (QED) is 0.869. The lowest BCUT2D eigenvalue weighted by Crippen LogP contribution is -2.37. The molecule has 0 amide bonds. The molecule has 3 rings (SSSR count). The highest BCUT2D eigenvalue weighted by atomic mass is 16.5. The molecule has 19 heavy (non-hydrogen) atoms. The zero-order valence-electron chi connectivity index (χ0n) is 12.3. The average molecular weight is 259 g/mol. The first-order valence-corrected chi connectivity index (χ1v) is 7.53. The minimum atomic E-state index is 0.464. The summed E-state index contributed by atoms with van der Waals surface area (Å²) in [6.07, 6.45) is 3.70. The molecule has 1 aliphatic carbocycles. The molecule has 0 bridgehead atoms. The van der Waals surface area contributed by atoms with Gasteiger partial charge in [0.1, 0.15) is 5.75 Å². The summed E-state index contributed by atoms with van der Waals surface area (Å²) in [5.74, 6) is 1.83. The Balaban J connectivity index is 1.75. The highest BCUT2D eigenvalue weighted by Gasteiger charge is 2.38. The summed E-state index contributed by atoms with van der Waals surface area (Å²) >= 11 is 0. The van der Waals surface area contributed by atoms with Crippen LogP contribution in [0, 0.1) is 11.3 Å². The van der Waals surface area contributed by atoms with Gasteiger partial charge in [-0.25, -0.2) is 0 Å². The van der Waals surface area contributed by atoms with Crippen LogP contribution in [0.15, 0.2) is 24.3 Å². The van der Waals surface area contributed by atoms with Crippen molar-refractivity contribution < 1.29 is 4.74 Å². The lowest BCUT2D eigenvalue weighted by atomic mass is 9.91. The van der Waals surface area contributed by atoms with Crippen LogP contribution in [0.2, 0.25) is 0 Å². The maximum atomic E-state index is 5.75. The number of nitrogens with one attached hydrogen (secondary N) is 1. The Kier molecular flexibility index (Phi) is 3.30. The predicted octanol–water partition coefficient (Wildman–Crippen LogP) is 3.92. The van der Waals surface area contributed by atoms with E-state index in [0.717, 1.165) is 24.7 Å². The standard InChI is InChI=1S/C17H25NO/c1-12-10-17(2,3)11-15(12)18-14-8-9-19-16-7-5-4-6-13(14)16/h4-7,12,14-15,18H,8-11H2,1-3H3. The van der Waals surface area contributed by atoms with Crippen molar-refractivity contribution in [2.24, 2.45) is 11.3 Å². The molecule has 1 aromatic rings. The Bertz CT molecular complexity index is 454. The number of hydrogen-bond donors (Lipinski definition) is 1. The van der Waals surface area contributed by atoms with Crippen molar-refractivity contribution >= 4 is 0 Å². The van der Waals surface area contributed by atoms with Crippen LogP contribution in [0.5, 0.6) is 5.75 Å². The Hall–Kier alpha value is -1.02. The van der Waals surface area contributed by atoms with Gasteiger partial charge in [-0.05, 0) is 30.2 Å². The maximum absolute atomic E-state index is 5.75. The molecule has 3 atom stereocenters. The number of benzene rings is 1. The normalized spacial score (nSPS) is 32.7. The van der Waals surface area contributed by atoms with Crippen molar-refractivity contribution in [2.45, 2.75) is 52.1 Å². The minimum absolute atomic E-state index is 0.464. The summed E-state index contributed by atoms with van der Waals surface area (Å²) in [4.78, 5) is 0. The SMILES string of the molecule is CC1CC(C)(C)CC1NC1CCOc2ccccc21. The first-order valence-electron chi connectivity index (χ1n) is 7.53. The third-order valence-electron chi connectivity index (χ3n) is 4.71. The molecule has 2 nitrogen and oxygen atoms in total. The topological polar surface area (TPSA) is 21.3 Å². The van der Waals surface area contributed by atoms with Crippen molar-refractivity contribution in [3.05, 3.63) is 29.8 Å². The van der Waals surface area contributed by atoms with Gasteiger partial charge >= 0.3 is 0 Å². The Morgan fingerprint density at radius 3 is 2.74 bits per heavy atom. The lowest BCUT2D eigenvalue weighted by Gasteiger charge is -2.31. The summed E-state index contributed by atoms with van der Waals surface area (Å²) in [6, 6.07) is 9.58. The van der Waals surface area contributed by atoms with E-state index in [4.69, 9.17) is 4.74 Å². The van der Waals surface area contributed by atoms with E-state index in [1.54, 1.807) is 0 Å². The summed E-state index contributed by atoms with van der Waals surface area (Å²) in [5.41, 5.74) is 1.83. The predicted molar refractivity (Wildman–Crippen MR) is 78.4 cm³/mol. The molecule has 3 unspecified atom stereocenters. The third-order valence-corrected chi connectivity index (χ3v) is 4.71. The van der Waals surface area contributed by atoms with E-state index in [2.05, 4.69) is 50.4 Å². The van der Waals surface area contributed by atoms with Gasteiger partial charge in [0.25, 0.3) is 0 Å². The smallest absolute Gasteiger partial charge is 0.124 e. The molecule has 2 heteroatoms. The fourth-order valence-corrected chi connectivity index (χ4v) is 3.89. The van der Waals surface area contributed by atoms with E-state index < -0.39 is 0 Å². The lowest BCUT2D eigenvalue weighted by molar-refractivity contribution is 0.235. The van der Waals surface area contributed by atoms with Gasteiger partial charge < -0.3 is 10.1 Å². The average Bonchev–Trinajstić information content (AvgIpc) is 2.63. The minimum Gasteiger partial charge on any atom is -0.493 e. The van der Waals surface area contributed by atoms with Crippen molar-refractivity contribution in [2.75, 3.05) is 6.61 Å². The van der Waals surface area contributed by atoms with E-state index in [-0.39, 0.29) is 0 Å². The number of hydrogen-bond acceptors (Lipinski definition) is 2. The Morgan fingerprint density at radius 1 is 1.21 bits per heavy atom. The molecular weight excluding hydrogens is 234 g/mol. The van der Waals surface area contributed by atoms with Crippen LogP contribution >= 0.6 is 0 Å². The van der Waals surface area contributed by atoms with E-state index in [1.807, 2.05) is 0 Å². The van der Waals surface area contributed by atoms with Gasteiger partial charge in [-0.2, -0.15) is 0 Å². The van der Waals surface area contributed by atoms with Gasteiger partial charge in [0, 0.05) is 24.1 Å². The van der Waals surface area contributed by atoms with Crippen molar-refractivity contribution in [3.8, 4) is 5.75 Å². The summed E-state index contributed by atoms with van der Waals surface area (Å²) < 4.78 is 5.75. The molecule has 1 fully saturated rings. The zero-order valence-corrected chi connectivity index (χ0v) is 12.3. The van der Waals surface area contributed by atoms with Crippen LogP contribution in [-0.4, -0.2) is 12.6 Å². The van der Waals surface area contributed by atoms with E-state index in [0.29, 0.717) is 17.5 Å². The molecule has 1 saturated carbocycles. The highest BCUT2D eigenvalue weighted by molar-refractivity contribution is 5.37. The second kappa shape index (κ2) is 4.82. The second-order valence-corrected chi connectivity index (χ2v) is 7.05. The molecule has 0 saturated heterocycles. The van der Waals surface area contributed by atoms with Gasteiger partial charge in [-0.15, -0.1) is 0 Å². The van der Waals surface area contributed by atoms with Crippen LogP contribution < -0.4 is 10.1 Å². The van der Waals surface area contributed by atoms with Gasteiger partial charge in [0.05, 0.1) is 6.61 Å². The van der Waals surface area contributed by atoms with Crippen molar-refractivity contribution in [1.29, 1.82) is 0 Å². The van der Waals surface area contributed by atoms with Crippen LogP contribution in [0.25, 0.3) is 0 Å². The molecule has 1 N–H and O–H groups in total. The van der Waals surface area contributed by atoms with E-state index in [1.165, 1.54) is 18.4 Å². The van der Waals surface area contributed by atoms with Gasteiger partial charge in [0.2, 0.25) is 0 Å². The van der Waals surface area contributed by atoms with Gasteiger partial charge in [0.15, 0.2) is 0 Å². The highest BCUT2D eigenvalue weighted by Crippen LogP contribution is 2.42. The molecule has 2 aliphatic rings. The van der Waals surface area contributed by atoms with Crippen LogP contribution in [0.4, 0.5) is 0 Å². The van der Waals surface area contributed by atoms with Crippen molar-refractivity contribution in [1.82, 2.24) is 5.32 Å². The van der Waals surface area contributed by atoms with Gasteiger partial charge in [-0.1, -0.05) is 39.0 Å². The molecular formula is C17H25NO. The monoisotopic (exact) mass is 259 g/mol. The van der Waals surface area contributed by atoms with Crippen LogP contribution in [-0.2, 0) is 0 Å². The fraction of sp³-hybridized carbons (Fsp3) is 0.647. The van der Waals surface area contributed by atoms with E-state index >= 15 is 0 Å².